The second-order valence-electron chi connectivity index (χ2n) is 6.59. The number of hydrogen-bond donors (Lipinski definition) is 2. The summed E-state index contributed by atoms with van der Waals surface area (Å²) in [5, 5.41) is 8.55. The third kappa shape index (κ3) is 3.51. The van der Waals surface area contributed by atoms with E-state index < -0.39 is 10.0 Å². The fourth-order valence-corrected chi connectivity index (χ4v) is 4.93. The largest absolute Gasteiger partial charge is 0.398 e. The highest BCUT2D eigenvalue weighted by Crippen LogP contribution is 2.36. The molecular weight excluding hydrogens is 378 g/mol. The quantitative estimate of drug-likeness (QED) is 0.754. The Labute approximate surface area is 158 Å². The summed E-state index contributed by atoms with van der Waals surface area (Å²) in [6.45, 7) is 3.58. The van der Waals surface area contributed by atoms with Crippen LogP contribution in [0.5, 0.6) is 0 Å². The molecule has 0 bridgehead atoms. The van der Waals surface area contributed by atoms with Crippen LogP contribution in [0.1, 0.15) is 19.8 Å². The average Bonchev–Trinajstić information content (AvgIpc) is 3.01. The normalized spacial score (nSPS) is 19.8. The average molecular weight is 400 g/mol. The Morgan fingerprint density at radius 1 is 1.38 bits per heavy atom. The summed E-state index contributed by atoms with van der Waals surface area (Å²) in [7, 11) is -3.63. The second-order valence-corrected chi connectivity index (χ2v) is 8.93. The topological polar surface area (TPSA) is 108 Å². The number of amides is 2. The molecule has 3 N–H and O–H groups in total. The van der Waals surface area contributed by atoms with Gasteiger partial charge >= 0.3 is 6.03 Å². The first-order valence-corrected chi connectivity index (χ1v) is 10.2. The molecule has 2 aliphatic heterocycles. The molecule has 0 unspecified atom stereocenters. The van der Waals surface area contributed by atoms with Crippen LogP contribution in [0, 0.1) is 5.41 Å². The van der Waals surface area contributed by atoms with Gasteiger partial charge in [-0.1, -0.05) is 11.6 Å². The summed E-state index contributed by atoms with van der Waals surface area (Å²) in [4.78, 5) is 12.0. The minimum Gasteiger partial charge on any atom is -0.398 e. The van der Waals surface area contributed by atoms with Crippen molar-refractivity contribution in [2.75, 3.05) is 31.9 Å². The maximum absolute atomic E-state index is 12.8. The molecule has 10 heteroatoms. The highest BCUT2D eigenvalue weighted by atomic mass is 35.5. The molecule has 0 radical (unpaired) electrons. The van der Waals surface area contributed by atoms with Crippen LogP contribution in [0.15, 0.2) is 28.2 Å². The van der Waals surface area contributed by atoms with Gasteiger partial charge in [-0.25, -0.2) is 18.2 Å². The SMILES string of the molecule is CCNC(=O)N1CC2(C=N1)CCN(S(=O)(=O)c1ccc(N)c(Cl)c1)CC2. The van der Waals surface area contributed by atoms with Gasteiger partial charge in [-0.3, -0.25) is 0 Å². The van der Waals surface area contributed by atoms with E-state index in [0.717, 1.165) is 0 Å². The van der Waals surface area contributed by atoms with Gasteiger partial charge in [0.1, 0.15) is 0 Å². The molecule has 1 fully saturated rings. The third-order valence-corrected chi connectivity index (χ3v) is 7.05. The number of urea groups is 1. The molecule has 0 aliphatic carbocycles. The number of nitrogens with zero attached hydrogens (tertiary/aromatic N) is 3. The van der Waals surface area contributed by atoms with Gasteiger partial charge in [-0.05, 0) is 38.0 Å². The number of hydrazone groups is 1. The van der Waals surface area contributed by atoms with Crippen molar-refractivity contribution in [3.05, 3.63) is 23.2 Å². The van der Waals surface area contributed by atoms with Crippen LogP contribution in [-0.4, -0.2) is 56.2 Å². The number of hydrogen-bond acceptors (Lipinski definition) is 5. The van der Waals surface area contributed by atoms with E-state index in [9.17, 15) is 13.2 Å². The van der Waals surface area contributed by atoms with E-state index in [-0.39, 0.29) is 21.4 Å². The maximum atomic E-state index is 12.8. The minimum atomic E-state index is -3.63. The monoisotopic (exact) mass is 399 g/mol. The molecule has 0 saturated carbocycles. The Morgan fingerprint density at radius 2 is 2.08 bits per heavy atom. The Bertz CT molecular complexity index is 834. The van der Waals surface area contributed by atoms with Gasteiger partial charge in [-0.15, -0.1) is 0 Å². The van der Waals surface area contributed by atoms with Crippen LogP contribution in [0.3, 0.4) is 0 Å². The Morgan fingerprint density at radius 3 is 2.69 bits per heavy atom. The first-order valence-electron chi connectivity index (χ1n) is 8.43. The number of carbonyl (C=O) groups is 1. The number of rotatable bonds is 3. The molecule has 1 aromatic carbocycles. The molecule has 2 aliphatic rings. The molecule has 142 valence electrons. The summed E-state index contributed by atoms with van der Waals surface area (Å²) in [6, 6.07) is 4.11. The standard InChI is InChI=1S/C16H22ClN5O3S/c1-2-19-15(23)22-11-16(10-20-22)5-7-21(8-6-16)26(24,25)12-3-4-14(18)13(17)9-12/h3-4,9-10H,2,5-8,11,18H2,1H3,(H,19,23). The van der Waals surface area contributed by atoms with E-state index in [1.54, 1.807) is 6.21 Å². The number of nitrogens with one attached hydrogen (secondary N) is 1. The molecule has 0 atom stereocenters. The fourth-order valence-electron chi connectivity index (χ4n) is 3.22. The van der Waals surface area contributed by atoms with Crippen molar-refractivity contribution in [2.45, 2.75) is 24.7 Å². The molecule has 1 saturated heterocycles. The summed E-state index contributed by atoms with van der Waals surface area (Å²) in [5.41, 5.74) is 5.73. The van der Waals surface area contributed by atoms with Crippen molar-refractivity contribution in [1.29, 1.82) is 0 Å². The number of nitrogens with two attached hydrogens (primary N) is 1. The Kier molecular flexibility index (Phi) is 5.14. The number of benzene rings is 1. The van der Waals surface area contributed by atoms with Gasteiger partial charge in [0.2, 0.25) is 10.0 Å². The second kappa shape index (κ2) is 7.05. The summed E-state index contributed by atoms with van der Waals surface area (Å²) in [6.07, 6.45) is 3.00. The van der Waals surface area contributed by atoms with Gasteiger partial charge in [0.25, 0.3) is 0 Å². The molecule has 2 amide bonds. The fraction of sp³-hybridized carbons (Fsp3) is 0.500. The number of anilines is 1. The van der Waals surface area contributed by atoms with Crippen LogP contribution in [0.2, 0.25) is 5.02 Å². The number of halogens is 1. The van der Waals surface area contributed by atoms with Crippen LogP contribution in [-0.2, 0) is 10.0 Å². The lowest BCUT2D eigenvalue weighted by molar-refractivity contribution is 0.170. The molecule has 1 spiro atoms. The zero-order valence-electron chi connectivity index (χ0n) is 14.5. The van der Waals surface area contributed by atoms with Crippen molar-refractivity contribution in [3.8, 4) is 0 Å². The van der Waals surface area contributed by atoms with Crippen LogP contribution in [0.25, 0.3) is 0 Å². The van der Waals surface area contributed by atoms with E-state index in [2.05, 4.69) is 10.4 Å². The van der Waals surface area contributed by atoms with E-state index in [4.69, 9.17) is 17.3 Å². The molecule has 8 nitrogen and oxygen atoms in total. The van der Waals surface area contributed by atoms with Crippen molar-refractivity contribution in [3.63, 3.8) is 0 Å². The van der Waals surface area contributed by atoms with E-state index in [0.29, 0.717) is 44.7 Å². The molecule has 1 aromatic rings. The van der Waals surface area contributed by atoms with Gasteiger partial charge in [0, 0.05) is 31.3 Å². The molecular formula is C16H22ClN5O3S. The lowest BCUT2D eigenvalue weighted by Crippen LogP contribution is -2.46. The van der Waals surface area contributed by atoms with E-state index in [1.807, 2.05) is 6.92 Å². The highest BCUT2D eigenvalue weighted by Gasteiger charge is 2.42. The summed E-state index contributed by atoms with van der Waals surface area (Å²) in [5.74, 6) is 0. The van der Waals surface area contributed by atoms with Crippen molar-refractivity contribution >= 4 is 39.6 Å². The number of sulfonamides is 1. The van der Waals surface area contributed by atoms with Crippen LogP contribution >= 0.6 is 11.6 Å². The van der Waals surface area contributed by atoms with Crippen molar-refractivity contribution in [1.82, 2.24) is 14.6 Å². The van der Waals surface area contributed by atoms with Gasteiger partial charge in [0.05, 0.1) is 22.2 Å². The van der Waals surface area contributed by atoms with Crippen molar-refractivity contribution in [2.24, 2.45) is 10.5 Å². The number of nitrogen functional groups attached to an aromatic ring is 1. The summed E-state index contributed by atoms with van der Waals surface area (Å²) >= 11 is 5.96. The molecule has 3 rings (SSSR count). The maximum Gasteiger partial charge on any atom is 0.337 e. The smallest absolute Gasteiger partial charge is 0.337 e. The predicted molar refractivity (Wildman–Crippen MR) is 101 cm³/mol. The van der Waals surface area contributed by atoms with Crippen LogP contribution < -0.4 is 11.1 Å². The highest BCUT2D eigenvalue weighted by molar-refractivity contribution is 7.89. The Balaban J connectivity index is 1.68. The lowest BCUT2D eigenvalue weighted by atomic mass is 9.81. The van der Waals surface area contributed by atoms with Gasteiger partial charge < -0.3 is 11.1 Å². The van der Waals surface area contributed by atoms with E-state index >= 15 is 0 Å². The predicted octanol–water partition coefficient (Wildman–Crippen LogP) is 1.72. The van der Waals surface area contributed by atoms with Gasteiger partial charge in [-0.2, -0.15) is 9.41 Å². The van der Waals surface area contributed by atoms with Crippen molar-refractivity contribution < 1.29 is 13.2 Å². The summed E-state index contributed by atoms with van der Waals surface area (Å²) < 4.78 is 27.1. The zero-order chi connectivity index (χ0) is 18.9. The first kappa shape index (κ1) is 18.9. The first-order chi connectivity index (χ1) is 12.3. The zero-order valence-corrected chi connectivity index (χ0v) is 16.1. The lowest BCUT2D eigenvalue weighted by Gasteiger charge is -2.36. The minimum absolute atomic E-state index is 0.136. The van der Waals surface area contributed by atoms with E-state index in [1.165, 1.54) is 27.5 Å². The Hall–Kier alpha value is -1.84. The molecule has 0 aromatic heterocycles. The molecule has 2 heterocycles. The number of carbonyl (C=O) groups excluding carboxylic acids is 1. The molecule has 26 heavy (non-hydrogen) atoms. The van der Waals surface area contributed by atoms with Crippen LogP contribution in [0.4, 0.5) is 10.5 Å². The third-order valence-electron chi connectivity index (χ3n) is 4.83. The number of piperidine rings is 1. The van der Waals surface area contributed by atoms with Gasteiger partial charge in [0.15, 0.2) is 0 Å².